The number of aromatic nitrogens is 5. The van der Waals surface area contributed by atoms with E-state index in [0.29, 0.717) is 58.2 Å². The van der Waals surface area contributed by atoms with Gasteiger partial charge in [0.15, 0.2) is 5.82 Å². The summed E-state index contributed by atoms with van der Waals surface area (Å²) in [6, 6.07) is 10.8. The molecule has 1 aliphatic rings. The van der Waals surface area contributed by atoms with Gasteiger partial charge in [-0.25, -0.2) is 14.4 Å². The zero-order valence-electron chi connectivity index (χ0n) is 20.0. The standard InChI is InChI=1S/C27H25FN6O2/c1-3-23(18-13-35-14-18)36-24-10-16(17-11-32-34(2)12-17)9-22-25(24)27(31-15-30-22)33-21-7-6-20-19(26(21)28)5-4-8-29-20/h4-12,15,18,23H,3,13-14H2,1-2H3,(H,30,31,33)/t23-/m0/s1. The molecule has 0 saturated carbocycles. The summed E-state index contributed by atoms with van der Waals surface area (Å²) in [5, 5.41) is 8.62. The number of nitrogens with one attached hydrogen (secondary N) is 1. The van der Waals surface area contributed by atoms with Gasteiger partial charge in [-0.15, -0.1) is 0 Å². The fourth-order valence-electron chi connectivity index (χ4n) is 4.56. The summed E-state index contributed by atoms with van der Waals surface area (Å²) < 4.78 is 29.1. The molecule has 1 atom stereocenters. The topological polar surface area (TPSA) is 87.0 Å². The number of fused-ring (bicyclic) bond motifs is 2. The minimum Gasteiger partial charge on any atom is -0.489 e. The van der Waals surface area contributed by atoms with Crippen molar-refractivity contribution in [1.82, 2.24) is 24.7 Å². The largest absolute Gasteiger partial charge is 0.489 e. The number of aryl methyl sites for hydroxylation is 1. The van der Waals surface area contributed by atoms with Gasteiger partial charge in [0.1, 0.15) is 24.0 Å². The number of hydrogen-bond donors (Lipinski definition) is 1. The van der Waals surface area contributed by atoms with Gasteiger partial charge in [0.05, 0.1) is 41.5 Å². The predicted molar refractivity (Wildman–Crippen MR) is 136 cm³/mol. The molecule has 4 heterocycles. The lowest BCUT2D eigenvalue weighted by Gasteiger charge is -2.33. The molecule has 0 aliphatic carbocycles. The summed E-state index contributed by atoms with van der Waals surface area (Å²) in [6.45, 7) is 3.46. The van der Waals surface area contributed by atoms with E-state index >= 15 is 4.39 Å². The Morgan fingerprint density at radius 2 is 2.03 bits per heavy atom. The van der Waals surface area contributed by atoms with Crippen molar-refractivity contribution in [3.63, 3.8) is 0 Å². The molecule has 0 bridgehead atoms. The molecule has 182 valence electrons. The maximum Gasteiger partial charge on any atom is 0.156 e. The summed E-state index contributed by atoms with van der Waals surface area (Å²) in [5.74, 6) is 1.03. The Balaban J connectivity index is 1.48. The van der Waals surface area contributed by atoms with Gasteiger partial charge in [0.25, 0.3) is 0 Å². The number of ether oxygens (including phenoxy) is 2. The Morgan fingerprint density at radius 1 is 1.14 bits per heavy atom. The second-order valence-corrected chi connectivity index (χ2v) is 8.98. The fraction of sp³-hybridized carbons (Fsp3) is 0.259. The van der Waals surface area contributed by atoms with Gasteiger partial charge in [0.2, 0.25) is 0 Å². The maximum absolute atomic E-state index is 15.4. The minimum atomic E-state index is -0.389. The van der Waals surface area contributed by atoms with Crippen molar-refractivity contribution >= 4 is 33.3 Å². The third-order valence-corrected chi connectivity index (χ3v) is 6.58. The highest BCUT2D eigenvalue weighted by molar-refractivity contribution is 5.99. The van der Waals surface area contributed by atoms with E-state index in [9.17, 15) is 0 Å². The van der Waals surface area contributed by atoms with Crippen LogP contribution in [0.3, 0.4) is 0 Å². The molecule has 5 aromatic rings. The van der Waals surface area contributed by atoms with Crippen LogP contribution in [0, 0.1) is 11.7 Å². The van der Waals surface area contributed by atoms with Crippen LogP contribution in [-0.2, 0) is 11.8 Å². The van der Waals surface area contributed by atoms with Crippen molar-refractivity contribution in [2.75, 3.05) is 18.5 Å². The average molecular weight is 485 g/mol. The summed E-state index contributed by atoms with van der Waals surface area (Å²) in [4.78, 5) is 13.2. The summed E-state index contributed by atoms with van der Waals surface area (Å²) in [6.07, 6.45) is 7.67. The van der Waals surface area contributed by atoms with E-state index < -0.39 is 0 Å². The van der Waals surface area contributed by atoms with Crippen LogP contribution in [0.2, 0.25) is 0 Å². The molecule has 2 aromatic carbocycles. The van der Waals surface area contributed by atoms with Crippen LogP contribution in [0.1, 0.15) is 13.3 Å². The van der Waals surface area contributed by atoms with Gasteiger partial charge in [-0.3, -0.25) is 9.67 Å². The Kier molecular flexibility index (Phi) is 5.69. The smallest absolute Gasteiger partial charge is 0.156 e. The Hall–Kier alpha value is -4.11. The predicted octanol–water partition coefficient (Wildman–Crippen LogP) is 5.27. The van der Waals surface area contributed by atoms with Gasteiger partial charge < -0.3 is 14.8 Å². The molecular weight excluding hydrogens is 459 g/mol. The number of hydrogen-bond acceptors (Lipinski definition) is 7. The van der Waals surface area contributed by atoms with Crippen LogP contribution in [0.5, 0.6) is 5.75 Å². The van der Waals surface area contributed by atoms with Crippen molar-refractivity contribution in [1.29, 1.82) is 0 Å². The molecule has 36 heavy (non-hydrogen) atoms. The number of benzene rings is 2. The summed E-state index contributed by atoms with van der Waals surface area (Å²) in [7, 11) is 1.88. The summed E-state index contributed by atoms with van der Waals surface area (Å²) >= 11 is 0. The SMILES string of the molecule is CC[C@H](Oc1cc(-c2cnn(C)c2)cc2ncnc(Nc3ccc4ncccc4c3F)c12)C1COC1. The van der Waals surface area contributed by atoms with E-state index in [1.165, 1.54) is 6.33 Å². The first-order chi connectivity index (χ1) is 17.6. The van der Waals surface area contributed by atoms with E-state index in [-0.39, 0.29) is 11.9 Å². The second kappa shape index (κ2) is 9.16. The molecular formula is C27H25FN6O2. The number of halogens is 1. The highest BCUT2D eigenvalue weighted by Gasteiger charge is 2.30. The van der Waals surface area contributed by atoms with Crippen LogP contribution in [-0.4, -0.2) is 44.1 Å². The number of anilines is 2. The highest BCUT2D eigenvalue weighted by Crippen LogP contribution is 2.38. The minimum absolute atomic E-state index is 0.0253. The molecule has 0 radical (unpaired) electrons. The van der Waals surface area contributed by atoms with Gasteiger partial charge in [0, 0.05) is 36.3 Å². The second-order valence-electron chi connectivity index (χ2n) is 8.98. The number of pyridine rings is 1. The number of rotatable bonds is 7. The van der Waals surface area contributed by atoms with E-state index in [1.54, 1.807) is 41.3 Å². The molecule has 3 aromatic heterocycles. The average Bonchev–Trinajstić information content (AvgIpc) is 3.30. The zero-order valence-corrected chi connectivity index (χ0v) is 20.0. The van der Waals surface area contributed by atoms with Crippen molar-refractivity contribution in [3.05, 3.63) is 67.1 Å². The quantitative estimate of drug-likeness (QED) is 0.337. The van der Waals surface area contributed by atoms with Crippen LogP contribution < -0.4 is 10.1 Å². The first kappa shape index (κ1) is 22.4. The van der Waals surface area contributed by atoms with Gasteiger partial charge in [-0.05, 0) is 48.4 Å². The molecule has 0 spiro atoms. The third-order valence-electron chi connectivity index (χ3n) is 6.58. The zero-order chi connectivity index (χ0) is 24.6. The van der Waals surface area contributed by atoms with Crippen LogP contribution in [0.4, 0.5) is 15.9 Å². The molecule has 1 N–H and O–H groups in total. The van der Waals surface area contributed by atoms with Crippen molar-refractivity contribution in [2.45, 2.75) is 19.4 Å². The van der Waals surface area contributed by atoms with Crippen LogP contribution >= 0.6 is 0 Å². The third kappa shape index (κ3) is 4.01. The molecule has 1 saturated heterocycles. The first-order valence-electron chi connectivity index (χ1n) is 11.9. The Labute approximate surface area is 207 Å². The van der Waals surface area contributed by atoms with Crippen molar-refractivity contribution in [3.8, 4) is 16.9 Å². The van der Waals surface area contributed by atoms with Crippen molar-refractivity contribution < 1.29 is 13.9 Å². The van der Waals surface area contributed by atoms with E-state index in [2.05, 4.69) is 32.3 Å². The molecule has 0 amide bonds. The summed E-state index contributed by atoms with van der Waals surface area (Å²) in [5.41, 5.74) is 3.46. The van der Waals surface area contributed by atoms with Crippen molar-refractivity contribution in [2.24, 2.45) is 13.0 Å². The monoisotopic (exact) mass is 484 g/mol. The maximum atomic E-state index is 15.4. The molecule has 6 rings (SSSR count). The van der Waals surface area contributed by atoms with Gasteiger partial charge in [-0.1, -0.05) is 6.92 Å². The highest BCUT2D eigenvalue weighted by atomic mass is 19.1. The van der Waals surface area contributed by atoms with E-state index in [4.69, 9.17) is 9.47 Å². The molecule has 9 heteroatoms. The lowest BCUT2D eigenvalue weighted by molar-refractivity contribution is -0.0832. The van der Waals surface area contributed by atoms with Crippen LogP contribution in [0.15, 0.2) is 61.3 Å². The lowest BCUT2D eigenvalue weighted by Crippen LogP contribution is -2.40. The molecule has 1 fully saturated rings. The van der Waals surface area contributed by atoms with E-state index in [0.717, 1.165) is 17.5 Å². The fourth-order valence-corrected chi connectivity index (χ4v) is 4.56. The lowest BCUT2D eigenvalue weighted by atomic mass is 9.98. The Morgan fingerprint density at radius 3 is 2.78 bits per heavy atom. The normalized spacial score (nSPS) is 14.6. The molecule has 8 nitrogen and oxygen atoms in total. The Bertz CT molecular complexity index is 1570. The van der Waals surface area contributed by atoms with Gasteiger partial charge >= 0.3 is 0 Å². The van der Waals surface area contributed by atoms with Gasteiger partial charge in [-0.2, -0.15) is 5.10 Å². The number of nitrogens with zero attached hydrogens (tertiary/aromatic N) is 5. The first-order valence-corrected chi connectivity index (χ1v) is 11.9. The van der Waals surface area contributed by atoms with E-state index in [1.807, 2.05) is 25.4 Å². The molecule has 1 aliphatic heterocycles. The molecule has 0 unspecified atom stereocenters. The van der Waals surface area contributed by atoms with Crippen LogP contribution in [0.25, 0.3) is 32.9 Å².